The molecule has 2 amide bonds. The predicted octanol–water partition coefficient (Wildman–Crippen LogP) is 0.746. The van der Waals surface area contributed by atoms with Crippen molar-refractivity contribution in [2.24, 2.45) is 0 Å². The van der Waals surface area contributed by atoms with Crippen molar-refractivity contribution in [2.75, 3.05) is 51.2 Å². The summed E-state index contributed by atoms with van der Waals surface area (Å²) >= 11 is 5.89. The van der Waals surface area contributed by atoms with Gasteiger partial charge in [-0.05, 0) is 31.3 Å². The van der Waals surface area contributed by atoms with Crippen LogP contribution in [0.4, 0.5) is 5.69 Å². The molecule has 0 atom stereocenters. The number of likely N-dealkylation sites (N-methyl/N-ethyl adjacent to an activating group) is 1. The molecule has 1 aliphatic rings. The molecule has 0 aliphatic carbocycles. The lowest BCUT2D eigenvalue weighted by molar-refractivity contribution is -0.132. The number of carbonyl (C=O) groups is 2. The number of amides is 2. The highest BCUT2D eigenvalue weighted by molar-refractivity contribution is 6.30. The van der Waals surface area contributed by atoms with E-state index in [2.05, 4.69) is 15.5 Å². The van der Waals surface area contributed by atoms with E-state index in [9.17, 15) is 9.59 Å². The van der Waals surface area contributed by atoms with Crippen molar-refractivity contribution < 1.29 is 9.59 Å². The smallest absolute Gasteiger partial charge is 0.242 e. The second kappa shape index (κ2) is 9.60. The second-order valence-corrected chi connectivity index (χ2v) is 5.59. The van der Waals surface area contributed by atoms with Crippen molar-refractivity contribution in [3.63, 3.8) is 0 Å². The first-order valence-corrected chi connectivity index (χ1v) is 7.67. The Balaban J connectivity index is 0.00000264. The number of carbonyl (C=O) groups excluding carboxylic acids is 2. The molecule has 1 fully saturated rings. The molecule has 0 saturated carbocycles. The van der Waals surface area contributed by atoms with Crippen LogP contribution in [0.1, 0.15) is 0 Å². The molecule has 1 heterocycles. The summed E-state index contributed by atoms with van der Waals surface area (Å²) in [6, 6.07) is 7.70. The minimum Gasteiger partial charge on any atom is -0.368 e. The molecule has 23 heavy (non-hydrogen) atoms. The Morgan fingerprint density at radius 2 is 1.70 bits per heavy atom. The topological polar surface area (TPSA) is 64.7 Å². The van der Waals surface area contributed by atoms with Gasteiger partial charge in [0, 0.05) is 36.9 Å². The second-order valence-electron chi connectivity index (χ2n) is 5.15. The lowest BCUT2D eigenvalue weighted by Crippen LogP contribution is -2.51. The summed E-state index contributed by atoms with van der Waals surface area (Å²) < 4.78 is 0. The Hall–Kier alpha value is -1.50. The Bertz CT molecular complexity index is 517. The number of halogens is 2. The summed E-state index contributed by atoms with van der Waals surface area (Å²) in [5.41, 5.74) is 1.11. The van der Waals surface area contributed by atoms with Gasteiger partial charge in [-0.1, -0.05) is 11.6 Å². The monoisotopic (exact) mass is 360 g/mol. The Morgan fingerprint density at radius 3 is 2.26 bits per heavy atom. The van der Waals surface area contributed by atoms with Crippen molar-refractivity contribution in [1.29, 1.82) is 0 Å². The molecule has 1 aromatic carbocycles. The minimum atomic E-state index is -0.171. The molecule has 8 heteroatoms. The highest BCUT2D eigenvalue weighted by Gasteiger charge is 2.21. The van der Waals surface area contributed by atoms with Gasteiger partial charge in [-0.3, -0.25) is 9.59 Å². The van der Waals surface area contributed by atoms with Gasteiger partial charge in [0.05, 0.1) is 13.1 Å². The van der Waals surface area contributed by atoms with Crippen LogP contribution in [0.25, 0.3) is 0 Å². The third-order valence-electron chi connectivity index (χ3n) is 3.60. The molecule has 1 aromatic rings. The molecule has 0 bridgehead atoms. The Labute approximate surface area is 147 Å². The van der Waals surface area contributed by atoms with Crippen molar-refractivity contribution in [1.82, 2.24) is 15.5 Å². The van der Waals surface area contributed by atoms with Crippen LogP contribution >= 0.6 is 24.0 Å². The zero-order valence-electron chi connectivity index (χ0n) is 13.0. The van der Waals surface area contributed by atoms with Gasteiger partial charge in [0.25, 0.3) is 0 Å². The van der Waals surface area contributed by atoms with Crippen LogP contribution in [-0.2, 0) is 9.59 Å². The molecule has 1 saturated heterocycles. The highest BCUT2D eigenvalue weighted by atomic mass is 35.5. The third-order valence-corrected chi connectivity index (χ3v) is 3.85. The van der Waals surface area contributed by atoms with E-state index in [1.54, 1.807) is 11.9 Å². The molecule has 0 spiro atoms. The van der Waals surface area contributed by atoms with E-state index in [4.69, 9.17) is 11.6 Å². The number of hydrogen-bond donors (Lipinski definition) is 2. The quantitative estimate of drug-likeness (QED) is 0.812. The number of anilines is 1. The minimum absolute atomic E-state index is 0. The van der Waals surface area contributed by atoms with Gasteiger partial charge in [-0.15, -0.1) is 12.4 Å². The largest absolute Gasteiger partial charge is 0.368 e. The zero-order valence-corrected chi connectivity index (χ0v) is 14.6. The Kier molecular flexibility index (Phi) is 8.16. The van der Waals surface area contributed by atoms with E-state index >= 15 is 0 Å². The van der Waals surface area contributed by atoms with Gasteiger partial charge in [0.1, 0.15) is 0 Å². The van der Waals surface area contributed by atoms with Crippen LogP contribution in [0.15, 0.2) is 24.3 Å². The number of piperazine rings is 1. The van der Waals surface area contributed by atoms with Crippen molar-refractivity contribution in [3.05, 3.63) is 29.3 Å². The normalized spacial score (nSPS) is 14.2. The number of nitrogens with one attached hydrogen (secondary N) is 2. The van der Waals surface area contributed by atoms with E-state index in [1.165, 1.54) is 0 Å². The number of rotatable bonds is 5. The molecule has 2 N–H and O–H groups in total. The zero-order chi connectivity index (χ0) is 15.9. The lowest BCUT2D eigenvalue weighted by atomic mass is 10.2. The average molecular weight is 361 g/mol. The lowest BCUT2D eigenvalue weighted by Gasteiger charge is -2.36. The van der Waals surface area contributed by atoms with Crippen LogP contribution in [0, 0.1) is 0 Å². The molecule has 0 aromatic heterocycles. The summed E-state index contributed by atoms with van der Waals surface area (Å²) in [5, 5.41) is 6.07. The van der Waals surface area contributed by atoms with Crippen molar-refractivity contribution >= 4 is 41.5 Å². The molecule has 2 rings (SSSR count). The molecule has 0 unspecified atom stereocenters. The molecule has 128 valence electrons. The highest BCUT2D eigenvalue weighted by Crippen LogP contribution is 2.19. The van der Waals surface area contributed by atoms with Gasteiger partial charge in [-0.25, -0.2) is 0 Å². The average Bonchev–Trinajstić information content (AvgIpc) is 2.54. The van der Waals surface area contributed by atoms with Gasteiger partial charge < -0.3 is 20.4 Å². The first kappa shape index (κ1) is 19.5. The summed E-state index contributed by atoms with van der Waals surface area (Å²) in [5.74, 6) is -0.212. The fraction of sp³-hybridized carbons (Fsp3) is 0.467. The number of benzene rings is 1. The third kappa shape index (κ3) is 5.89. The molecule has 1 aliphatic heterocycles. The van der Waals surface area contributed by atoms with Crippen LogP contribution in [0.3, 0.4) is 0 Å². The fourth-order valence-corrected chi connectivity index (χ4v) is 2.50. The van der Waals surface area contributed by atoms with Crippen molar-refractivity contribution in [2.45, 2.75) is 0 Å². The summed E-state index contributed by atoms with van der Waals surface area (Å²) in [7, 11) is 1.69. The first-order chi connectivity index (χ1) is 10.6. The maximum atomic E-state index is 12.0. The fourth-order valence-electron chi connectivity index (χ4n) is 2.38. The number of nitrogens with zero attached hydrogens (tertiary/aromatic N) is 2. The standard InChI is InChI=1S/C15H21ClN4O2.ClH/c1-17-10-14(21)18-11-15(22)20-8-6-19(7-9-20)13-4-2-12(16)3-5-13;/h2-5,17H,6-11H2,1H3,(H,18,21);1H. The maximum Gasteiger partial charge on any atom is 0.242 e. The van der Waals surface area contributed by atoms with Gasteiger partial charge >= 0.3 is 0 Å². The van der Waals surface area contributed by atoms with Crippen LogP contribution < -0.4 is 15.5 Å². The van der Waals surface area contributed by atoms with Gasteiger partial charge in [0.2, 0.25) is 11.8 Å². The van der Waals surface area contributed by atoms with E-state index in [0.717, 1.165) is 23.8 Å². The van der Waals surface area contributed by atoms with E-state index in [-0.39, 0.29) is 37.3 Å². The Morgan fingerprint density at radius 1 is 1.09 bits per heavy atom. The predicted molar refractivity (Wildman–Crippen MR) is 94.4 cm³/mol. The van der Waals surface area contributed by atoms with Crippen LogP contribution in [0.2, 0.25) is 5.02 Å². The van der Waals surface area contributed by atoms with E-state index < -0.39 is 0 Å². The number of hydrogen-bond acceptors (Lipinski definition) is 4. The van der Waals surface area contributed by atoms with Crippen LogP contribution in [-0.4, -0.2) is 63.0 Å². The van der Waals surface area contributed by atoms with Gasteiger partial charge in [-0.2, -0.15) is 0 Å². The summed E-state index contributed by atoms with van der Waals surface area (Å²) in [4.78, 5) is 27.4. The van der Waals surface area contributed by atoms with E-state index in [0.29, 0.717) is 13.1 Å². The molecule has 6 nitrogen and oxygen atoms in total. The molecule has 0 radical (unpaired) electrons. The SMILES string of the molecule is CNCC(=O)NCC(=O)N1CCN(c2ccc(Cl)cc2)CC1.Cl. The maximum absolute atomic E-state index is 12.0. The molecular formula is C15H22Cl2N4O2. The summed E-state index contributed by atoms with van der Waals surface area (Å²) in [6.07, 6.45) is 0. The van der Waals surface area contributed by atoms with Crippen LogP contribution in [0.5, 0.6) is 0 Å². The van der Waals surface area contributed by atoms with Crippen molar-refractivity contribution in [3.8, 4) is 0 Å². The first-order valence-electron chi connectivity index (χ1n) is 7.29. The molecular weight excluding hydrogens is 339 g/mol. The summed E-state index contributed by atoms with van der Waals surface area (Å²) in [6.45, 7) is 3.14. The van der Waals surface area contributed by atoms with E-state index in [1.807, 2.05) is 24.3 Å². The van der Waals surface area contributed by atoms with Gasteiger partial charge in [0.15, 0.2) is 0 Å².